The monoisotopic (exact) mass is 196 g/mol. The SMILES string of the molecule is CN(C)C(=O)[C@@H](CN)c1cnn(C)c1. The van der Waals surface area contributed by atoms with Crippen LogP contribution >= 0.6 is 0 Å². The summed E-state index contributed by atoms with van der Waals surface area (Å²) in [6, 6.07) is 0. The summed E-state index contributed by atoms with van der Waals surface area (Å²) in [5.41, 5.74) is 6.44. The summed E-state index contributed by atoms with van der Waals surface area (Å²) >= 11 is 0. The predicted molar refractivity (Wildman–Crippen MR) is 53.7 cm³/mol. The molecule has 5 nitrogen and oxygen atoms in total. The third kappa shape index (κ3) is 2.11. The van der Waals surface area contributed by atoms with Crippen LogP contribution in [0.2, 0.25) is 0 Å². The molecular weight excluding hydrogens is 180 g/mol. The van der Waals surface area contributed by atoms with Crippen LogP contribution in [0.1, 0.15) is 11.5 Å². The maximum Gasteiger partial charge on any atom is 0.231 e. The van der Waals surface area contributed by atoms with E-state index in [1.54, 1.807) is 29.9 Å². The fourth-order valence-electron chi connectivity index (χ4n) is 1.31. The van der Waals surface area contributed by atoms with E-state index in [1.807, 2.05) is 13.2 Å². The summed E-state index contributed by atoms with van der Waals surface area (Å²) in [6.45, 7) is 0.308. The first-order chi connectivity index (χ1) is 6.56. The van der Waals surface area contributed by atoms with Gasteiger partial charge < -0.3 is 10.6 Å². The first-order valence-electron chi connectivity index (χ1n) is 4.46. The normalized spacial score (nSPS) is 12.6. The van der Waals surface area contributed by atoms with Crippen molar-refractivity contribution in [2.45, 2.75) is 5.92 Å². The van der Waals surface area contributed by atoms with Gasteiger partial charge in [0.25, 0.3) is 0 Å². The standard InChI is InChI=1S/C9H16N4O/c1-12(2)9(14)8(4-10)7-5-11-13(3)6-7/h5-6,8H,4,10H2,1-3H3/t8-/m0/s1. The van der Waals surface area contributed by atoms with Crippen molar-refractivity contribution < 1.29 is 4.79 Å². The van der Waals surface area contributed by atoms with Crippen LogP contribution in [0.5, 0.6) is 0 Å². The molecule has 0 radical (unpaired) electrons. The Balaban J connectivity index is 2.87. The van der Waals surface area contributed by atoms with Crippen LogP contribution < -0.4 is 5.73 Å². The molecule has 1 heterocycles. The molecule has 1 amide bonds. The highest BCUT2D eigenvalue weighted by Gasteiger charge is 2.21. The van der Waals surface area contributed by atoms with Gasteiger partial charge in [0.2, 0.25) is 5.91 Å². The van der Waals surface area contributed by atoms with Gasteiger partial charge in [0.15, 0.2) is 0 Å². The molecule has 5 heteroatoms. The molecule has 0 fully saturated rings. The quantitative estimate of drug-likeness (QED) is 0.712. The summed E-state index contributed by atoms with van der Waals surface area (Å²) in [4.78, 5) is 13.2. The number of carbonyl (C=O) groups is 1. The fourth-order valence-corrected chi connectivity index (χ4v) is 1.31. The second-order valence-electron chi connectivity index (χ2n) is 3.47. The van der Waals surface area contributed by atoms with Gasteiger partial charge in [-0.2, -0.15) is 5.10 Å². The van der Waals surface area contributed by atoms with E-state index in [4.69, 9.17) is 5.73 Å². The van der Waals surface area contributed by atoms with Gasteiger partial charge in [-0.05, 0) is 0 Å². The molecule has 14 heavy (non-hydrogen) atoms. The topological polar surface area (TPSA) is 64.2 Å². The third-order valence-corrected chi connectivity index (χ3v) is 2.10. The van der Waals surface area contributed by atoms with Gasteiger partial charge in [0, 0.05) is 39.4 Å². The van der Waals surface area contributed by atoms with Crippen molar-refractivity contribution in [3.63, 3.8) is 0 Å². The number of hydrogen-bond donors (Lipinski definition) is 1. The summed E-state index contributed by atoms with van der Waals surface area (Å²) in [7, 11) is 5.26. The van der Waals surface area contributed by atoms with Gasteiger partial charge in [-0.1, -0.05) is 0 Å². The molecular formula is C9H16N4O. The van der Waals surface area contributed by atoms with Gasteiger partial charge >= 0.3 is 0 Å². The number of aryl methyl sites for hydroxylation is 1. The molecule has 1 aromatic rings. The van der Waals surface area contributed by atoms with E-state index in [0.717, 1.165) is 5.56 Å². The number of likely N-dealkylation sites (N-methyl/N-ethyl adjacent to an activating group) is 1. The van der Waals surface area contributed by atoms with Crippen LogP contribution in [-0.2, 0) is 11.8 Å². The Morgan fingerprint density at radius 1 is 1.71 bits per heavy atom. The molecule has 0 spiro atoms. The van der Waals surface area contributed by atoms with E-state index in [1.165, 1.54) is 0 Å². The summed E-state index contributed by atoms with van der Waals surface area (Å²) in [5, 5.41) is 4.02. The van der Waals surface area contributed by atoms with Crippen molar-refractivity contribution in [2.75, 3.05) is 20.6 Å². The first kappa shape index (κ1) is 10.7. The van der Waals surface area contributed by atoms with E-state index in [-0.39, 0.29) is 11.8 Å². The molecule has 2 N–H and O–H groups in total. The lowest BCUT2D eigenvalue weighted by atomic mass is 10.0. The Morgan fingerprint density at radius 3 is 2.71 bits per heavy atom. The van der Waals surface area contributed by atoms with Crippen LogP contribution in [-0.4, -0.2) is 41.2 Å². The van der Waals surface area contributed by atoms with E-state index < -0.39 is 0 Å². The number of amides is 1. The van der Waals surface area contributed by atoms with E-state index in [0.29, 0.717) is 6.54 Å². The minimum absolute atomic E-state index is 0.0144. The molecule has 0 saturated heterocycles. The number of rotatable bonds is 3. The van der Waals surface area contributed by atoms with Gasteiger partial charge in [-0.3, -0.25) is 9.48 Å². The molecule has 0 aliphatic heterocycles. The number of nitrogens with two attached hydrogens (primary N) is 1. The van der Waals surface area contributed by atoms with Gasteiger partial charge in [-0.15, -0.1) is 0 Å². The molecule has 0 unspecified atom stereocenters. The lowest BCUT2D eigenvalue weighted by molar-refractivity contribution is -0.130. The number of hydrogen-bond acceptors (Lipinski definition) is 3. The molecule has 0 aliphatic carbocycles. The maximum absolute atomic E-state index is 11.7. The van der Waals surface area contributed by atoms with E-state index in [2.05, 4.69) is 5.10 Å². The highest BCUT2D eigenvalue weighted by Crippen LogP contribution is 2.15. The molecule has 1 aromatic heterocycles. The summed E-state index contributed by atoms with van der Waals surface area (Å²) < 4.78 is 1.67. The third-order valence-electron chi connectivity index (χ3n) is 2.10. The molecule has 0 aromatic carbocycles. The average molecular weight is 196 g/mol. The second kappa shape index (κ2) is 4.23. The van der Waals surface area contributed by atoms with Crippen LogP contribution in [0.4, 0.5) is 0 Å². The van der Waals surface area contributed by atoms with Gasteiger partial charge in [-0.25, -0.2) is 0 Å². The van der Waals surface area contributed by atoms with Crippen molar-refractivity contribution in [3.8, 4) is 0 Å². The number of carbonyl (C=O) groups excluding carboxylic acids is 1. The van der Waals surface area contributed by atoms with Crippen LogP contribution in [0.15, 0.2) is 12.4 Å². The van der Waals surface area contributed by atoms with Crippen molar-refractivity contribution >= 4 is 5.91 Å². The lowest BCUT2D eigenvalue weighted by Gasteiger charge is -2.17. The highest BCUT2D eigenvalue weighted by atomic mass is 16.2. The number of aromatic nitrogens is 2. The minimum atomic E-state index is -0.279. The van der Waals surface area contributed by atoms with Gasteiger partial charge in [0.1, 0.15) is 0 Å². The Kier molecular flexibility index (Phi) is 3.24. The second-order valence-corrected chi connectivity index (χ2v) is 3.47. The Labute approximate surface area is 83.5 Å². The molecule has 78 valence electrons. The lowest BCUT2D eigenvalue weighted by Crippen LogP contribution is -2.32. The van der Waals surface area contributed by atoms with Crippen LogP contribution in [0.25, 0.3) is 0 Å². The Hall–Kier alpha value is -1.36. The Morgan fingerprint density at radius 2 is 2.36 bits per heavy atom. The van der Waals surface area contributed by atoms with Crippen molar-refractivity contribution in [1.82, 2.24) is 14.7 Å². The summed E-state index contributed by atoms with van der Waals surface area (Å²) in [5.74, 6) is -0.265. The zero-order chi connectivity index (χ0) is 10.7. The predicted octanol–water partition coefficient (Wildman–Crippen LogP) is -0.449. The average Bonchev–Trinajstić information content (AvgIpc) is 2.53. The maximum atomic E-state index is 11.7. The zero-order valence-corrected chi connectivity index (χ0v) is 8.77. The summed E-state index contributed by atoms with van der Waals surface area (Å²) in [6.07, 6.45) is 3.50. The molecule has 1 rings (SSSR count). The molecule has 0 bridgehead atoms. The first-order valence-corrected chi connectivity index (χ1v) is 4.46. The largest absolute Gasteiger partial charge is 0.348 e. The Bertz CT molecular complexity index is 318. The van der Waals surface area contributed by atoms with E-state index in [9.17, 15) is 4.79 Å². The van der Waals surface area contributed by atoms with E-state index >= 15 is 0 Å². The number of nitrogens with zero attached hydrogens (tertiary/aromatic N) is 3. The van der Waals surface area contributed by atoms with Crippen molar-refractivity contribution in [2.24, 2.45) is 12.8 Å². The minimum Gasteiger partial charge on any atom is -0.348 e. The van der Waals surface area contributed by atoms with Crippen LogP contribution in [0, 0.1) is 0 Å². The highest BCUT2D eigenvalue weighted by molar-refractivity contribution is 5.83. The molecule has 0 saturated carbocycles. The van der Waals surface area contributed by atoms with Crippen LogP contribution in [0.3, 0.4) is 0 Å². The smallest absolute Gasteiger partial charge is 0.231 e. The fraction of sp³-hybridized carbons (Fsp3) is 0.556. The van der Waals surface area contributed by atoms with Crippen molar-refractivity contribution in [3.05, 3.63) is 18.0 Å². The zero-order valence-electron chi connectivity index (χ0n) is 8.77. The molecule has 1 atom stereocenters. The van der Waals surface area contributed by atoms with Gasteiger partial charge in [0.05, 0.1) is 12.1 Å². The molecule has 0 aliphatic rings. The van der Waals surface area contributed by atoms with Crippen molar-refractivity contribution in [1.29, 1.82) is 0 Å².